The lowest BCUT2D eigenvalue weighted by Gasteiger charge is -2.49. The molecule has 140 valence electrons. The van der Waals surface area contributed by atoms with Gasteiger partial charge in [0.2, 0.25) is 5.91 Å². The molecule has 7 nitrogen and oxygen atoms in total. The first-order valence-corrected chi connectivity index (χ1v) is 9.52. The maximum Gasteiger partial charge on any atom is 0.220 e. The fourth-order valence-corrected chi connectivity index (χ4v) is 4.77. The van der Waals surface area contributed by atoms with Crippen LogP contribution in [0.25, 0.3) is 33.1 Å². The zero-order chi connectivity index (χ0) is 18.9. The van der Waals surface area contributed by atoms with Gasteiger partial charge in [-0.05, 0) is 23.8 Å². The molecule has 6 rings (SSSR count). The SMILES string of the molecule is Cn1ncc2cc(-c3cnc4[nH]ccc4c3N3CC4(CNC(=O)C4)C3)ccc21. The Bertz CT molecular complexity index is 1250. The van der Waals surface area contributed by atoms with Crippen molar-refractivity contribution in [2.45, 2.75) is 6.42 Å². The molecule has 1 aromatic carbocycles. The quantitative estimate of drug-likeness (QED) is 0.567. The van der Waals surface area contributed by atoms with Gasteiger partial charge < -0.3 is 15.2 Å². The first-order valence-electron chi connectivity index (χ1n) is 9.52. The predicted octanol–water partition coefficient (Wildman–Crippen LogP) is 2.44. The maximum absolute atomic E-state index is 11.7. The first-order chi connectivity index (χ1) is 13.6. The van der Waals surface area contributed by atoms with Crippen molar-refractivity contribution in [3.63, 3.8) is 0 Å². The van der Waals surface area contributed by atoms with Gasteiger partial charge in [-0.2, -0.15) is 5.10 Å². The van der Waals surface area contributed by atoms with Gasteiger partial charge in [0.05, 0.1) is 17.4 Å². The van der Waals surface area contributed by atoms with E-state index >= 15 is 0 Å². The van der Waals surface area contributed by atoms with Crippen molar-refractivity contribution in [3.05, 3.63) is 42.9 Å². The molecule has 0 atom stereocenters. The van der Waals surface area contributed by atoms with Crippen LogP contribution < -0.4 is 10.2 Å². The Balaban J connectivity index is 1.47. The largest absolute Gasteiger partial charge is 0.369 e. The number of nitrogens with zero attached hydrogens (tertiary/aromatic N) is 4. The minimum atomic E-state index is 0.0769. The monoisotopic (exact) mass is 372 g/mol. The second kappa shape index (κ2) is 5.34. The van der Waals surface area contributed by atoms with Crippen LogP contribution in [0.3, 0.4) is 0 Å². The van der Waals surface area contributed by atoms with Gasteiger partial charge in [0.1, 0.15) is 5.65 Å². The van der Waals surface area contributed by atoms with Gasteiger partial charge in [0.15, 0.2) is 0 Å². The summed E-state index contributed by atoms with van der Waals surface area (Å²) >= 11 is 0. The number of benzene rings is 1. The van der Waals surface area contributed by atoms with Crippen molar-refractivity contribution < 1.29 is 4.79 Å². The molecule has 2 aliphatic rings. The number of anilines is 1. The summed E-state index contributed by atoms with van der Waals surface area (Å²) in [5, 5.41) is 9.59. The van der Waals surface area contributed by atoms with Crippen molar-refractivity contribution in [3.8, 4) is 11.1 Å². The number of amides is 1. The molecule has 2 N–H and O–H groups in total. The average molecular weight is 372 g/mol. The first kappa shape index (κ1) is 15.7. The molecule has 2 fully saturated rings. The lowest BCUT2D eigenvalue weighted by molar-refractivity contribution is -0.119. The molecular weight excluding hydrogens is 352 g/mol. The third-order valence-corrected chi connectivity index (χ3v) is 6.18. The molecule has 4 aromatic rings. The summed E-state index contributed by atoms with van der Waals surface area (Å²) in [4.78, 5) is 22.0. The Hall–Kier alpha value is -3.35. The van der Waals surface area contributed by atoms with Crippen molar-refractivity contribution >= 4 is 33.5 Å². The molecule has 5 heterocycles. The Kier molecular flexibility index (Phi) is 2.99. The number of carbonyl (C=O) groups is 1. The summed E-state index contributed by atoms with van der Waals surface area (Å²) in [5.74, 6) is 0.170. The highest BCUT2D eigenvalue weighted by Crippen LogP contribution is 2.45. The van der Waals surface area contributed by atoms with Crippen LogP contribution in [0.4, 0.5) is 5.69 Å². The minimum Gasteiger partial charge on any atom is -0.369 e. The number of fused-ring (bicyclic) bond motifs is 2. The number of carbonyl (C=O) groups excluding carboxylic acids is 1. The lowest BCUT2D eigenvalue weighted by Crippen LogP contribution is -2.57. The number of hydrogen-bond acceptors (Lipinski definition) is 4. The normalized spacial score (nSPS) is 18.2. The van der Waals surface area contributed by atoms with Crippen molar-refractivity contribution in [1.82, 2.24) is 25.1 Å². The van der Waals surface area contributed by atoms with Crippen LogP contribution in [0.5, 0.6) is 0 Å². The van der Waals surface area contributed by atoms with E-state index in [1.807, 2.05) is 30.3 Å². The van der Waals surface area contributed by atoms with E-state index in [0.29, 0.717) is 6.42 Å². The Labute approximate surface area is 161 Å². The number of hydrogen-bond donors (Lipinski definition) is 2. The molecule has 0 unspecified atom stereocenters. The summed E-state index contributed by atoms with van der Waals surface area (Å²) in [6, 6.07) is 8.52. The molecule has 0 aliphatic carbocycles. The Morgan fingerprint density at radius 3 is 2.89 bits per heavy atom. The van der Waals surface area contributed by atoms with E-state index in [9.17, 15) is 4.79 Å². The summed E-state index contributed by atoms with van der Waals surface area (Å²) in [7, 11) is 1.96. The molecule has 3 aromatic heterocycles. The van der Waals surface area contributed by atoms with Gasteiger partial charge in [-0.25, -0.2) is 4.98 Å². The number of H-pyrrole nitrogens is 1. The molecule has 2 saturated heterocycles. The van der Waals surface area contributed by atoms with Gasteiger partial charge >= 0.3 is 0 Å². The van der Waals surface area contributed by atoms with E-state index in [0.717, 1.165) is 52.7 Å². The zero-order valence-corrected chi connectivity index (χ0v) is 15.6. The summed E-state index contributed by atoms with van der Waals surface area (Å²) < 4.78 is 1.89. The van der Waals surface area contributed by atoms with Crippen LogP contribution in [-0.4, -0.2) is 45.3 Å². The Morgan fingerprint density at radius 1 is 1.18 bits per heavy atom. The number of aromatic nitrogens is 4. The van der Waals surface area contributed by atoms with Crippen LogP contribution in [0.2, 0.25) is 0 Å². The van der Waals surface area contributed by atoms with Crippen LogP contribution in [0.15, 0.2) is 42.9 Å². The summed E-state index contributed by atoms with van der Waals surface area (Å²) in [6.07, 6.45) is 6.41. The van der Waals surface area contributed by atoms with E-state index in [1.54, 1.807) is 0 Å². The van der Waals surface area contributed by atoms with Gasteiger partial charge in [-0.3, -0.25) is 9.48 Å². The molecular formula is C21H20N6O. The lowest BCUT2D eigenvalue weighted by atomic mass is 9.78. The van der Waals surface area contributed by atoms with E-state index in [4.69, 9.17) is 0 Å². The fourth-order valence-electron chi connectivity index (χ4n) is 4.77. The third-order valence-electron chi connectivity index (χ3n) is 6.18. The van der Waals surface area contributed by atoms with Crippen LogP contribution in [0.1, 0.15) is 6.42 Å². The van der Waals surface area contributed by atoms with E-state index in [2.05, 4.69) is 49.5 Å². The highest BCUT2D eigenvalue weighted by molar-refractivity contribution is 6.00. The number of aromatic amines is 1. The fraction of sp³-hybridized carbons (Fsp3) is 0.286. The molecule has 1 spiro atoms. The van der Waals surface area contributed by atoms with Crippen molar-refractivity contribution in [1.29, 1.82) is 0 Å². The smallest absolute Gasteiger partial charge is 0.220 e. The summed E-state index contributed by atoms with van der Waals surface area (Å²) in [5.41, 5.74) is 5.52. The topological polar surface area (TPSA) is 78.8 Å². The van der Waals surface area contributed by atoms with Gasteiger partial charge in [-0.1, -0.05) is 6.07 Å². The van der Waals surface area contributed by atoms with E-state index in [1.165, 1.54) is 5.69 Å². The van der Waals surface area contributed by atoms with Gasteiger partial charge in [-0.15, -0.1) is 0 Å². The van der Waals surface area contributed by atoms with Gasteiger partial charge in [0.25, 0.3) is 0 Å². The highest BCUT2D eigenvalue weighted by Gasteiger charge is 2.49. The van der Waals surface area contributed by atoms with E-state index < -0.39 is 0 Å². The van der Waals surface area contributed by atoms with E-state index in [-0.39, 0.29) is 11.3 Å². The second-order valence-electron chi connectivity index (χ2n) is 8.11. The van der Waals surface area contributed by atoms with Crippen LogP contribution in [0, 0.1) is 5.41 Å². The highest BCUT2D eigenvalue weighted by atomic mass is 16.1. The van der Waals surface area contributed by atoms with Gasteiger partial charge in [0, 0.05) is 67.2 Å². The molecule has 0 radical (unpaired) electrons. The molecule has 0 saturated carbocycles. The second-order valence-corrected chi connectivity index (χ2v) is 8.11. The number of aryl methyl sites for hydroxylation is 1. The number of rotatable bonds is 2. The molecule has 7 heteroatoms. The Morgan fingerprint density at radius 2 is 2.07 bits per heavy atom. The zero-order valence-electron chi connectivity index (χ0n) is 15.6. The minimum absolute atomic E-state index is 0.0769. The van der Waals surface area contributed by atoms with Crippen molar-refractivity contribution in [2.24, 2.45) is 12.5 Å². The number of nitrogens with one attached hydrogen (secondary N) is 2. The van der Waals surface area contributed by atoms with Crippen LogP contribution in [-0.2, 0) is 11.8 Å². The standard InChI is InChI=1S/C21H20N6O/c1-26-17-3-2-13(6-14(17)8-25-26)16-9-23-20-15(4-5-22-20)19(16)27-11-21(12-27)7-18(28)24-10-21/h2-6,8-9H,7,10-12H2,1H3,(H,22,23)(H,24,28). The molecule has 28 heavy (non-hydrogen) atoms. The van der Waals surface area contributed by atoms with Crippen LogP contribution >= 0.6 is 0 Å². The molecule has 2 aliphatic heterocycles. The number of pyridine rings is 1. The third kappa shape index (κ3) is 2.13. The molecule has 1 amide bonds. The average Bonchev–Trinajstić information content (AvgIpc) is 3.38. The predicted molar refractivity (Wildman–Crippen MR) is 108 cm³/mol. The summed E-state index contributed by atoms with van der Waals surface area (Å²) in [6.45, 7) is 2.55. The maximum atomic E-state index is 11.7. The molecule has 0 bridgehead atoms. The van der Waals surface area contributed by atoms with Crippen molar-refractivity contribution in [2.75, 3.05) is 24.5 Å².